The minimum Gasteiger partial charge on any atom is -0.349 e. The van der Waals surface area contributed by atoms with Gasteiger partial charge in [0.2, 0.25) is 0 Å². The summed E-state index contributed by atoms with van der Waals surface area (Å²) < 4.78 is 0. The van der Waals surface area contributed by atoms with Crippen molar-refractivity contribution in [2.45, 2.75) is 38.6 Å². The number of likely N-dealkylation sites (tertiary alicyclic amines) is 1. The van der Waals surface area contributed by atoms with Crippen LogP contribution in [0.3, 0.4) is 0 Å². The number of hydrogen-bond donors (Lipinski definition) is 1. The van der Waals surface area contributed by atoms with Crippen molar-refractivity contribution >= 4 is 11.8 Å². The number of likely N-dealkylation sites (N-methyl/N-ethyl adjacent to an activating group) is 1. The highest BCUT2D eigenvalue weighted by molar-refractivity contribution is 5.98. The summed E-state index contributed by atoms with van der Waals surface area (Å²) in [5.74, 6) is 0.0462. The number of rotatable bonds is 5. The topological polar surface area (TPSA) is 55.9 Å². The summed E-state index contributed by atoms with van der Waals surface area (Å²) in [5.41, 5.74) is 1.60. The molecule has 2 aliphatic heterocycles. The van der Waals surface area contributed by atoms with Crippen molar-refractivity contribution < 1.29 is 9.59 Å². The molecule has 0 aromatic heterocycles. The Morgan fingerprint density at radius 2 is 1.55 bits per heavy atom. The van der Waals surface area contributed by atoms with E-state index in [1.54, 1.807) is 24.3 Å². The summed E-state index contributed by atoms with van der Waals surface area (Å²) in [6, 6.07) is 7.47. The van der Waals surface area contributed by atoms with Crippen LogP contribution in [-0.2, 0) is 0 Å². The third kappa shape index (κ3) is 5.17. The fraction of sp³-hybridized carbons (Fsp3) is 0.652. The van der Waals surface area contributed by atoms with E-state index < -0.39 is 0 Å². The van der Waals surface area contributed by atoms with Gasteiger partial charge in [-0.3, -0.25) is 9.59 Å². The van der Waals surface area contributed by atoms with Gasteiger partial charge in [-0.1, -0.05) is 6.92 Å². The molecule has 2 amide bonds. The van der Waals surface area contributed by atoms with Crippen molar-refractivity contribution in [2.75, 3.05) is 52.9 Å². The molecule has 1 aromatic rings. The second-order valence-electron chi connectivity index (χ2n) is 9.51. The average Bonchev–Trinajstić information content (AvgIpc) is 3.54. The van der Waals surface area contributed by atoms with E-state index in [0.29, 0.717) is 17.2 Å². The zero-order valence-electron chi connectivity index (χ0n) is 17.8. The van der Waals surface area contributed by atoms with Gasteiger partial charge in [-0.2, -0.15) is 0 Å². The molecule has 1 saturated carbocycles. The standard InChI is InChI=1S/C23H34N4O2/c1-23(17-26-15-13-25(2)14-16-26)9-11-27(12-10-23)22(29)19-5-3-18(4-6-19)21(28)24-20-7-8-20/h3-6,20H,7-17H2,1-2H3,(H,24,28). The molecule has 1 aromatic carbocycles. The molecule has 0 spiro atoms. The molecule has 2 heterocycles. The van der Waals surface area contributed by atoms with E-state index in [1.165, 1.54) is 0 Å². The Bertz CT molecular complexity index is 728. The SMILES string of the molecule is CN1CCN(CC2(C)CCN(C(=O)c3ccc(C(=O)NC4CC4)cc3)CC2)CC1. The Balaban J connectivity index is 1.28. The van der Waals surface area contributed by atoms with Gasteiger partial charge in [0.25, 0.3) is 11.8 Å². The predicted octanol–water partition coefficient (Wildman–Crippen LogP) is 2.07. The number of benzene rings is 1. The van der Waals surface area contributed by atoms with E-state index >= 15 is 0 Å². The normalized spacial score (nSPS) is 23.0. The molecule has 0 bridgehead atoms. The number of carbonyl (C=O) groups is 2. The monoisotopic (exact) mass is 398 g/mol. The van der Waals surface area contributed by atoms with Gasteiger partial charge < -0.3 is 20.0 Å². The molecule has 6 heteroatoms. The van der Waals surface area contributed by atoms with Gasteiger partial charge in [-0.05, 0) is 62.4 Å². The number of hydrogen-bond acceptors (Lipinski definition) is 4. The molecule has 1 aliphatic carbocycles. The smallest absolute Gasteiger partial charge is 0.253 e. The zero-order valence-corrected chi connectivity index (χ0v) is 17.8. The fourth-order valence-corrected chi connectivity index (χ4v) is 4.40. The van der Waals surface area contributed by atoms with Gasteiger partial charge in [-0.15, -0.1) is 0 Å². The van der Waals surface area contributed by atoms with Crippen LogP contribution in [-0.4, -0.2) is 85.4 Å². The highest BCUT2D eigenvalue weighted by atomic mass is 16.2. The van der Waals surface area contributed by atoms with Crippen molar-refractivity contribution in [3.63, 3.8) is 0 Å². The Morgan fingerprint density at radius 1 is 0.966 bits per heavy atom. The molecule has 4 rings (SSSR count). The first kappa shape index (κ1) is 20.4. The number of nitrogens with zero attached hydrogens (tertiary/aromatic N) is 3. The van der Waals surface area contributed by atoms with Crippen molar-refractivity contribution in [3.8, 4) is 0 Å². The second-order valence-corrected chi connectivity index (χ2v) is 9.51. The number of piperidine rings is 1. The summed E-state index contributed by atoms with van der Waals surface area (Å²) >= 11 is 0. The number of piperazine rings is 1. The van der Waals surface area contributed by atoms with E-state index in [2.05, 4.69) is 29.1 Å². The van der Waals surface area contributed by atoms with E-state index in [9.17, 15) is 9.59 Å². The van der Waals surface area contributed by atoms with Crippen LogP contribution in [0.5, 0.6) is 0 Å². The molecule has 6 nitrogen and oxygen atoms in total. The van der Waals surface area contributed by atoms with Gasteiger partial charge in [0.05, 0.1) is 0 Å². The quantitative estimate of drug-likeness (QED) is 0.825. The fourth-order valence-electron chi connectivity index (χ4n) is 4.40. The molecule has 158 valence electrons. The van der Waals surface area contributed by atoms with Crippen LogP contribution >= 0.6 is 0 Å². The molecule has 1 N–H and O–H groups in total. The Labute approximate surface area is 174 Å². The Hall–Kier alpha value is -1.92. The van der Waals surface area contributed by atoms with Gasteiger partial charge in [0.15, 0.2) is 0 Å². The van der Waals surface area contributed by atoms with Crippen molar-refractivity contribution in [1.82, 2.24) is 20.0 Å². The summed E-state index contributed by atoms with van der Waals surface area (Å²) in [6.45, 7) is 9.73. The average molecular weight is 399 g/mol. The van der Waals surface area contributed by atoms with Crippen LogP contribution in [0.25, 0.3) is 0 Å². The highest BCUT2D eigenvalue weighted by Crippen LogP contribution is 2.32. The largest absolute Gasteiger partial charge is 0.349 e. The third-order valence-corrected chi connectivity index (χ3v) is 6.77. The van der Waals surface area contributed by atoms with E-state index in [4.69, 9.17) is 0 Å². The van der Waals surface area contributed by atoms with Crippen LogP contribution in [0.4, 0.5) is 0 Å². The minimum absolute atomic E-state index is 0.0378. The first-order valence-electron chi connectivity index (χ1n) is 11.0. The molecule has 3 aliphatic rings. The number of carbonyl (C=O) groups excluding carboxylic acids is 2. The molecular weight excluding hydrogens is 364 g/mol. The maximum atomic E-state index is 12.9. The Kier molecular flexibility index (Phi) is 5.93. The minimum atomic E-state index is -0.0378. The van der Waals surface area contributed by atoms with Crippen molar-refractivity contribution in [1.29, 1.82) is 0 Å². The molecular formula is C23H34N4O2. The van der Waals surface area contributed by atoms with E-state index in [0.717, 1.165) is 71.5 Å². The summed E-state index contributed by atoms with van der Waals surface area (Å²) in [6.07, 6.45) is 4.25. The summed E-state index contributed by atoms with van der Waals surface area (Å²) in [5, 5.41) is 2.99. The van der Waals surface area contributed by atoms with Crippen molar-refractivity contribution in [2.24, 2.45) is 5.41 Å². The molecule has 0 radical (unpaired) electrons. The molecule has 29 heavy (non-hydrogen) atoms. The lowest BCUT2D eigenvalue weighted by Gasteiger charge is -2.44. The molecule has 0 unspecified atom stereocenters. The van der Waals surface area contributed by atoms with Crippen LogP contribution in [0.2, 0.25) is 0 Å². The first-order chi connectivity index (χ1) is 13.9. The second kappa shape index (κ2) is 8.44. The van der Waals surface area contributed by atoms with Gasteiger partial charge in [0.1, 0.15) is 0 Å². The van der Waals surface area contributed by atoms with Gasteiger partial charge in [0, 0.05) is 63.0 Å². The lowest BCUT2D eigenvalue weighted by atomic mass is 9.79. The first-order valence-corrected chi connectivity index (χ1v) is 11.0. The lowest BCUT2D eigenvalue weighted by Crippen LogP contribution is -2.51. The van der Waals surface area contributed by atoms with Crippen LogP contribution in [0.1, 0.15) is 53.3 Å². The number of amides is 2. The van der Waals surface area contributed by atoms with Crippen molar-refractivity contribution in [3.05, 3.63) is 35.4 Å². The van der Waals surface area contributed by atoms with Gasteiger partial charge in [-0.25, -0.2) is 0 Å². The third-order valence-electron chi connectivity index (χ3n) is 6.77. The zero-order chi connectivity index (χ0) is 20.4. The van der Waals surface area contributed by atoms with E-state index in [1.807, 2.05) is 4.90 Å². The summed E-state index contributed by atoms with van der Waals surface area (Å²) in [4.78, 5) is 32.0. The maximum Gasteiger partial charge on any atom is 0.253 e. The van der Waals surface area contributed by atoms with Crippen LogP contribution in [0.15, 0.2) is 24.3 Å². The molecule has 0 atom stereocenters. The van der Waals surface area contributed by atoms with Crippen LogP contribution < -0.4 is 5.32 Å². The molecule has 3 fully saturated rings. The van der Waals surface area contributed by atoms with E-state index in [-0.39, 0.29) is 17.2 Å². The Morgan fingerprint density at radius 3 is 2.14 bits per heavy atom. The van der Waals surface area contributed by atoms with Crippen LogP contribution in [0, 0.1) is 5.41 Å². The lowest BCUT2D eigenvalue weighted by molar-refractivity contribution is 0.0432. The number of nitrogens with one attached hydrogen (secondary N) is 1. The van der Waals surface area contributed by atoms with Gasteiger partial charge >= 0.3 is 0 Å². The highest BCUT2D eigenvalue weighted by Gasteiger charge is 2.34. The predicted molar refractivity (Wildman–Crippen MR) is 114 cm³/mol. The maximum absolute atomic E-state index is 12.9. The molecule has 2 saturated heterocycles. The summed E-state index contributed by atoms with van der Waals surface area (Å²) in [7, 11) is 2.19.